The number of terminal acetylenes is 1. The van der Waals surface area contributed by atoms with Crippen molar-refractivity contribution in [3.8, 4) is 12.3 Å². The number of carbonyl (C=O) groups excluding carboxylic acids is 5. The van der Waals surface area contributed by atoms with E-state index in [1.54, 1.807) is 0 Å². The van der Waals surface area contributed by atoms with Gasteiger partial charge < -0.3 is 26.2 Å². The Morgan fingerprint density at radius 3 is 2.08 bits per heavy atom. The van der Waals surface area contributed by atoms with E-state index in [4.69, 9.17) is 6.42 Å². The molecule has 12 heteroatoms. The molecule has 292 valence electrons. The summed E-state index contributed by atoms with van der Waals surface area (Å²) in [6.07, 6.45) is 11.2. The number of urea groups is 1. The van der Waals surface area contributed by atoms with Crippen LogP contribution in [0.25, 0.3) is 0 Å². The maximum atomic E-state index is 14.4. The molecule has 4 N–H and O–H groups in total. The summed E-state index contributed by atoms with van der Waals surface area (Å²) in [5.74, 6) is 0.315. The molecular formula is C39H69N5O6S. The fraction of sp³-hybridized carbons (Fsp3) is 0.821. The van der Waals surface area contributed by atoms with E-state index >= 15 is 0 Å². The first-order valence-electron chi connectivity index (χ1n) is 18.9. The van der Waals surface area contributed by atoms with Gasteiger partial charge in [-0.05, 0) is 63.2 Å². The number of amides is 5. The molecule has 1 saturated heterocycles. The smallest absolute Gasteiger partial charge is 0.315 e. The summed E-state index contributed by atoms with van der Waals surface area (Å²) in [5, 5.41) is 11.4. The second-order valence-electron chi connectivity index (χ2n) is 17.1. The van der Waals surface area contributed by atoms with E-state index in [9.17, 15) is 28.2 Å². The highest BCUT2D eigenvalue weighted by molar-refractivity contribution is 7.86. The van der Waals surface area contributed by atoms with Crippen molar-refractivity contribution >= 4 is 40.3 Å². The predicted molar refractivity (Wildman–Crippen MR) is 206 cm³/mol. The molecule has 1 aliphatic carbocycles. The maximum Gasteiger partial charge on any atom is 0.315 e. The normalized spacial score (nSPS) is 20.6. The van der Waals surface area contributed by atoms with Crippen LogP contribution in [0.3, 0.4) is 0 Å². The molecule has 11 nitrogen and oxygen atoms in total. The number of nitrogens with one attached hydrogen (secondary N) is 4. The van der Waals surface area contributed by atoms with Crippen LogP contribution in [0.4, 0.5) is 4.79 Å². The van der Waals surface area contributed by atoms with Gasteiger partial charge in [0.2, 0.25) is 17.6 Å². The zero-order valence-electron chi connectivity index (χ0n) is 33.7. The number of hydrogen-bond acceptors (Lipinski definition) is 6. The van der Waals surface area contributed by atoms with E-state index in [1.165, 1.54) is 4.90 Å². The van der Waals surface area contributed by atoms with E-state index in [0.717, 1.165) is 25.7 Å². The molecule has 1 aliphatic heterocycles. The Hall–Kier alpha value is -2.94. The van der Waals surface area contributed by atoms with Crippen molar-refractivity contribution in [2.24, 2.45) is 16.7 Å². The predicted octanol–water partition coefficient (Wildman–Crippen LogP) is 5.23. The van der Waals surface area contributed by atoms with Gasteiger partial charge in [-0.1, -0.05) is 88.0 Å². The van der Waals surface area contributed by atoms with Crippen LogP contribution in [0, 0.1) is 29.1 Å². The van der Waals surface area contributed by atoms with Gasteiger partial charge in [0, 0.05) is 40.8 Å². The minimum Gasteiger partial charge on any atom is -0.348 e. The Labute approximate surface area is 311 Å². The zero-order valence-corrected chi connectivity index (χ0v) is 34.5. The van der Waals surface area contributed by atoms with Crippen molar-refractivity contribution < 1.29 is 28.2 Å². The number of carbonyl (C=O) groups is 5. The summed E-state index contributed by atoms with van der Waals surface area (Å²) >= 11 is 0. The van der Waals surface area contributed by atoms with E-state index in [-0.39, 0.29) is 31.8 Å². The molecule has 1 saturated carbocycles. The third kappa shape index (κ3) is 14.2. The fourth-order valence-electron chi connectivity index (χ4n) is 6.52. The van der Waals surface area contributed by atoms with Gasteiger partial charge in [-0.2, -0.15) is 0 Å². The van der Waals surface area contributed by atoms with Crippen molar-refractivity contribution in [3.63, 3.8) is 0 Å². The lowest BCUT2D eigenvalue weighted by Gasteiger charge is -2.41. The van der Waals surface area contributed by atoms with Crippen molar-refractivity contribution in [2.45, 2.75) is 169 Å². The van der Waals surface area contributed by atoms with Gasteiger partial charge in [0.1, 0.15) is 12.1 Å². The number of likely N-dealkylation sites (tertiary alicyclic amines) is 1. The fourth-order valence-corrected chi connectivity index (χ4v) is 7.82. The van der Waals surface area contributed by atoms with Gasteiger partial charge in [0.05, 0.1) is 11.6 Å². The highest BCUT2D eigenvalue weighted by Gasteiger charge is 2.49. The van der Waals surface area contributed by atoms with Crippen LogP contribution < -0.4 is 21.3 Å². The molecule has 5 amide bonds. The number of Topliss-reactive ketones (excluding diaryl/α,β-unsaturated/α-hetero) is 1. The summed E-state index contributed by atoms with van der Waals surface area (Å²) < 4.78 is 12.8. The van der Waals surface area contributed by atoms with Crippen molar-refractivity contribution in [1.29, 1.82) is 0 Å². The average molecular weight is 736 g/mol. The monoisotopic (exact) mass is 735 g/mol. The molecule has 0 bridgehead atoms. The Bertz CT molecular complexity index is 1270. The summed E-state index contributed by atoms with van der Waals surface area (Å²) in [7, 11) is -1.19. The molecule has 2 fully saturated rings. The zero-order chi connectivity index (χ0) is 39.4. The SMILES string of the molecule is C#CCCNC(=O)C(=O)C(CC(C)CC)NC(=O)[C@@H]1CC(C)(C)CN1C(=O)C(NC(=O)NC1(CS(=O)C(C)(C)C)CCCCC1)C(C)(C)C.CC. The van der Waals surface area contributed by atoms with E-state index in [0.29, 0.717) is 25.0 Å². The maximum absolute atomic E-state index is 14.4. The van der Waals surface area contributed by atoms with Crippen molar-refractivity contribution in [2.75, 3.05) is 18.8 Å². The molecule has 0 spiro atoms. The number of nitrogens with zero attached hydrogens (tertiary/aromatic N) is 1. The van der Waals surface area contributed by atoms with Crippen LogP contribution in [-0.4, -0.2) is 85.9 Å². The van der Waals surface area contributed by atoms with Crippen LogP contribution in [0.2, 0.25) is 0 Å². The molecule has 5 atom stereocenters. The van der Waals surface area contributed by atoms with Gasteiger partial charge in [-0.3, -0.25) is 23.4 Å². The summed E-state index contributed by atoms with van der Waals surface area (Å²) in [6.45, 7) is 23.6. The lowest BCUT2D eigenvalue weighted by Crippen LogP contribution is -2.63. The van der Waals surface area contributed by atoms with E-state index in [1.807, 2.05) is 83.1 Å². The Morgan fingerprint density at radius 2 is 1.57 bits per heavy atom. The molecule has 0 aromatic heterocycles. The first-order valence-corrected chi connectivity index (χ1v) is 20.2. The molecule has 0 radical (unpaired) electrons. The van der Waals surface area contributed by atoms with Gasteiger partial charge in [-0.25, -0.2) is 4.79 Å². The average Bonchev–Trinajstić information content (AvgIpc) is 3.38. The standard InChI is InChI=1S/C37H63N5O6S.C2H6/c1-12-14-20-38-31(45)28(43)26(21-25(3)13-2)39-30(44)27-22-36(10,11)23-42(27)32(46)29(34(4,5)6)40-33(47)41-37(18-16-15-17-19-37)24-49(48)35(7,8)9;1-2/h1,25-27,29H,13-24H2,2-11H3,(H,38,45)(H,39,44)(H2,40,41,47);1-2H3/t25?,26?,27-,29?,49?;/m0./s1. The minimum absolute atomic E-state index is 0.0479. The molecule has 2 aliphatic rings. The van der Waals surface area contributed by atoms with Crippen molar-refractivity contribution in [1.82, 2.24) is 26.2 Å². The van der Waals surface area contributed by atoms with Gasteiger partial charge in [0.15, 0.2) is 0 Å². The lowest BCUT2D eigenvalue weighted by atomic mass is 9.83. The second kappa shape index (κ2) is 19.8. The second-order valence-corrected chi connectivity index (χ2v) is 19.3. The minimum atomic E-state index is -1.19. The van der Waals surface area contributed by atoms with Crippen LogP contribution in [0.5, 0.6) is 0 Å². The lowest BCUT2D eigenvalue weighted by molar-refractivity contribution is -0.144. The molecule has 4 unspecified atom stereocenters. The first-order chi connectivity index (χ1) is 23.6. The molecule has 0 aromatic carbocycles. The van der Waals surface area contributed by atoms with Gasteiger partial charge in [-0.15, -0.1) is 12.3 Å². The molecule has 51 heavy (non-hydrogen) atoms. The highest BCUT2D eigenvalue weighted by Crippen LogP contribution is 2.36. The number of ketones is 1. The van der Waals surface area contributed by atoms with Gasteiger partial charge in [0.25, 0.3) is 5.91 Å². The highest BCUT2D eigenvalue weighted by atomic mass is 32.2. The third-order valence-corrected chi connectivity index (χ3v) is 11.9. The summed E-state index contributed by atoms with van der Waals surface area (Å²) in [4.78, 5) is 69.5. The summed E-state index contributed by atoms with van der Waals surface area (Å²) in [5.41, 5.74) is -1.79. The number of hydrogen-bond donors (Lipinski definition) is 4. The van der Waals surface area contributed by atoms with Crippen LogP contribution in [0.15, 0.2) is 0 Å². The Kier molecular flexibility index (Phi) is 17.9. The van der Waals surface area contributed by atoms with Crippen LogP contribution in [-0.2, 0) is 30.0 Å². The molecule has 1 heterocycles. The third-order valence-electron chi connectivity index (χ3n) is 9.72. The largest absolute Gasteiger partial charge is 0.348 e. The molecule has 2 rings (SSSR count). The first kappa shape index (κ1) is 46.1. The Balaban J connectivity index is 0.00000638. The van der Waals surface area contributed by atoms with Crippen molar-refractivity contribution in [3.05, 3.63) is 0 Å². The Morgan fingerprint density at radius 1 is 0.980 bits per heavy atom. The van der Waals surface area contributed by atoms with E-state index in [2.05, 4.69) is 27.2 Å². The molecule has 0 aromatic rings. The topological polar surface area (TPSA) is 154 Å². The summed E-state index contributed by atoms with van der Waals surface area (Å²) in [6, 6.07) is -3.46. The molecular weight excluding hydrogens is 667 g/mol. The quantitative estimate of drug-likeness (QED) is 0.109. The number of rotatable bonds is 14. The van der Waals surface area contributed by atoms with Crippen LogP contribution >= 0.6 is 0 Å². The van der Waals surface area contributed by atoms with E-state index < -0.39 is 79.6 Å². The van der Waals surface area contributed by atoms with Gasteiger partial charge >= 0.3 is 6.03 Å². The van der Waals surface area contributed by atoms with Crippen LogP contribution in [0.1, 0.15) is 141 Å².